The molecule has 1 fully saturated rings. The maximum atomic E-state index is 12.0. The lowest BCUT2D eigenvalue weighted by Crippen LogP contribution is -2.47. The lowest BCUT2D eigenvalue weighted by Gasteiger charge is -2.22. The van der Waals surface area contributed by atoms with Gasteiger partial charge < -0.3 is 23.5 Å². The van der Waals surface area contributed by atoms with Crippen molar-refractivity contribution in [1.82, 2.24) is 4.90 Å². The third kappa shape index (κ3) is 7.85. The van der Waals surface area contributed by atoms with Crippen LogP contribution in [0.4, 0.5) is 0 Å². The highest BCUT2D eigenvalue weighted by atomic mass is 16.6. The van der Waals surface area contributed by atoms with Crippen LogP contribution in [0, 0.1) is 13.8 Å². The van der Waals surface area contributed by atoms with Crippen LogP contribution in [0.5, 0.6) is 11.5 Å². The second kappa shape index (κ2) is 13.3. The predicted molar refractivity (Wildman–Crippen MR) is 149 cm³/mol. The van der Waals surface area contributed by atoms with Gasteiger partial charge in [-0.3, -0.25) is 14.5 Å². The van der Waals surface area contributed by atoms with Gasteiger partial charge in [0.05, 0.1) is 19.7 Å². The highest BCUT2D eigenvalue weighted by Crippen LogP contribution is 2.31. The average Bonchev–Trinajstić information content (AvgIpc) is 2.89. The first-order valence-corrected chi connectivity index (χ1v) is 13.0. The van der Waals surface area contributed by atoms with Crippen molar-refractivity contribution in [2.24, 2.45) is 0 Å². The molecule has 0 atom stereocenters. The van der Waals surface area contributed by atoms with Gasteiger partial charge in [-0.2, -0.15) is 0 Å². The molecule has 1 saturated heterocycles. The molecule has 0 bridgehead atoms. The van der Waals surface area contributed by atoms with E-state index >= 15 is 0 Å². The molecule has 1 aliphatic heterocycles. The summed E-state index contributed by atoms with van der Waals surface area (Å²) in [6, 6.07) is 19.4. The third-order valence-corrected chi connectivity index (χ3v) is 6.26. The standard InChI is InChI=1S/C30H34BNO7/c1-5-35-13-14-36-27-15-21(2)30(22(3)16-27)24-8-6-7-23(17-24)20-37-26-11-9-25(10-12-26)31-38-28(33)18-32(4)19-29(34)39-31/h6-12,15-17H,5,13-14,18-20H2,1-4H3. The lowest BCUT2D eigenvalue weighted by atomic mass is 9.78. The van der Waals surface area contributed by atoms with Crippen LogP contribution in [0.25, 0.3) is 11.1 Å². The van der Waals surface area contributed by atoms with Crippen LogP contribution in [-0.2, 0) is 30.2 Å². The third-order valence-electron chi connectivity index (χ3n) is 6.26. The van der Waals surface area contributed by atoms with Crippen LogP contribution in [-0.4, -0.2) is 63.9 Å². The Morgan fingerprint density at radius 2 is 1.51 bits per heavy atom. The Hall–Kier alpha value is -3.82. The Labute approximate surface area is 229 Å². The van der Waals surface area contributed by atoms with E-state index in [0.717, 1.165) is 28.0 Å². The average molecular weight is 531 g/mol. The SMILES string of the molecule is CCOCCOc1cc(C)c(-c2cccc(COc3ccc(B4OC(=O)CN(C)CC(=O)O4)cc3)c2)c(C)c1. The fourth-order valence-electron chi connectivity index (χ4n) is 4.50. The number of carbonyl (C=O) groups is 2. The zero-order valence-corrected chi connectivity index (χ0v) is 22.9. The first kappa shape index (κ1) is 28.2. The fourth-order valence-corrected chi connectivity index (χ4v) is 4.50. The second-order valence-corrected chi connectivity index (χ2v) is 9.52. The van der Waals surface area contributed by atoms with Crippen LogP contribution in [0.2, 0.25) is 0 Å². The first-order chi connectivity index (χ1) is 18.8. The Morgan fingerprint density at radius 1 is 0.846 bits per heavy atom. The molecule has 0 saturated carbocycles. The summed E-state index contributed by atoms with van der Waals surface area (Å²) in [6.45, 7) is 8.35. The van der Waals surface area contributed by atoms with Gasteiger partial charge in [-0.15, -0.1) is 0 Å². The normalized spacial score (nSPS) is 14.3. The smallest absolute Gasteiger partial charge is 0.494 e. The fraction of sp³-hybridized carbons (Fsp3) is 0.333. The molecule has 0 radical (unpaired) electrons. The molecule has 3 aromatic rings. The quantitative estimate of drug-likeness (QED) is 0.290. The van der Waals surface area contributed by atoms with E-state index in [1.807, 2.05) is 19.1 Å². The molecule has 9 heteroatoms. The Balaban J connectivity index is 1.39. The molecule has 1 heterocycles. The maximum Gasteiger partial charge on any atom is 0.636 e. The van der Waals surface area contributed by atoms with E-state index in [1.54, 1.807) is 36.2 Å². The van der Waals surface area contributed by atoms with Crippen molar-refractivity contribution in [1.29, 1.82) is 0 Å². The van der Waals surface area contributed by atoms with Gasteiger partial charge in [0.15, 0.2) is 0 Å². The van der Waals surface area contributed by atoms with Crippen molar-refractivity contribution in [2.75, 3.05) is 40.0 Å². The molecule has 39 heavy (non-hydrogen) atoms. The molecule has 204 valence electrons. The van der Waals surface area contributed by atoms with Crippen molar-refractivity contribution in [3.63, 3.8) is 0 Å². The summed E-state index contributed by atoms with van der Waals surface area (Å²) in [5, 5.41) is 0. The van der Waals surface area contributed by atoms with Crippen molar-refractivity contribution in [3.8, 4) is 22.6 Å². The molecule has 0 aliphatic carbocycles. The zero-order valence-electron chi connectivity index (χ0n) is 22.9. The van der Waals surface area contributed by atoms with Gasteiger partial charge in [0.25, 0.3) is 0 Å². The van der Waals surface area contributed by atoms with Gasteiger partial charge >= 0.3 is 19.1 Å². The summed E-state index contributed by atoms with van der Waals surface area (Å²) in [7, 11) is 0.585. The van der Waals surface area contributed by atoms with Crippen molar-refractivity contribution >= 4 is 24.5 Å². The van der Waals surface area contributed by atoms with Crippen LogP contribution in [0.3, 0.4) is 0 Å². The Bertz CT molecular complexity index is 1250. The monoisotopic (exact) mass is 531 g/mol. The van der Waals surface area contributed by atoms with Crippen molar-refractivity contribution in [3.05, 3.63) is 77.4 Å². The highest BCUT2D eigenvalue weighted by Gasteiger charge is 2.33. The highest BCUT2D eigenvalue weighted by molar-refractivity contribution is 6.64. The van der Waals surface area contributed by atoms with Gasteiger partial charge in [0.2, 0.25) is 0 Å². The molecule has 0 amide bonds. The lowest BCUT2D eigenvalue weighted by molar-refractivity contribution is -0.145. The van der Waals surface area contributed by atoms with Crippen LogP contribution in [0.15, 0.2) is 60.7 Å². The molecular weight excluding hydrogens is 497 g/mol. The zero-order chi connectivity index (χ0) is 27.8. The molecule has 4 rings (SSSR count). The Morgan fingerprint density at radius 3 is 2.15 bits per heavy atom. The van der Waals surface area contributed by atoms with Crippen molar-refractivity contribution in [2.45, 2.75) is 27.4 Å². The summed E-state index contributed by atoms with van der Waals surface area (Å²) in [6.07, 6.45) is 0. The number of rotatable bonds is 10. The van der Waals surface area contributed by atoms with Gasteiger partial charge in [-0.1, -0.05) is 30.3 Å². The molecule has 0 unspecified atom stereocenters. The molecular formula is C30H34BNO7. The number of likely N-dealkylation sites (N-methyl/N-ethyl adjacent to an activating group) is 1. The van der Waals surface area contributed by atoms with E-state index in [-0.39, 0.29) is 13.1 Å². The summed E-state index contributed by atoms with van der Waals surface area (Å²) in [5.41, 5.74) is 6.15. The van der Waals surface area contributed by atoms with Crippen LogP contribution < -0.4 is 14.9 Å². The topological polar surface area (TPSA) is 83.5 Å². The minimum absolute atomic E-state index is 0.0251. The number of benzene rings is 3. The van der Waals surface area contributed by atoms with Crippen LogP contribution >= 0.6 is 0 Å². The molecule has 0 spiro atoms. The number of hydrogen-bond donors (Lipinski definition) is 0. The van der Waals surface area contributed by atoms with E-state index in [1.165, 1.54) is 5.56 Å². The van der Waals surface area contributed by atoms with E-state index in [2.05, 4.69) is 38.1 Å². The van der Waals surface area contributed by atoms with Gasteiger partial charge in [-0.25, -0.2) is 0 Å². The summed E-state index contributed by atoms with van der Waals surface area (Å²) < 4.78 is 27.9. The minimum Gasteiger partial charge on any atom is -0.494 e. The molecule has 8 nitrogen and oxygen atoms in total. The van der Waals surface area contributed by atoms with Gasteiger partial charge in [0, 0.05) is 12.1 Å². The van der Waals surface area contributed by atoms with Gasteiger partial charge in [-0.05, 0) is 86.0 Å². The molecule has 0 N–H and O–H groups in total. The first-order valence-electron chi connectivity index (χ1n) is 13.0. The predicted octanol–water partition coefficient (Wildman–Crippen LogP) is 3.69. The van der Waals surface area contributed by atoms with E-state index in [9.17, 15) is 9.59 Å². The summed E-state index contributed by atoms with van der Waals surface area (Å²) in [5.74, 6) is 0.579. The van der Waals surface area contributed by atoms with E-state index < -0.39 is 19.1 Å². The minimum atomic E-state index is -1.07. The van der Waals surface area contributed by atoms with E-state index in [4.69, 9.17) is 23.5 Å². The number of aryl methyl sites for hydroxylation is 2. The number of nitrogens with zero attached hydrogens (tertiary/aromatic N) is 1. The number of hydrogen-bond acceptors (Lipinski definition) is 8. The van der Waals surface area contributed by atoms with Gasteiger partial charge in [0.1, 0.15) is 24.7 Å². The second-order valence-electron chi connectivity index (χ2n) is 9.52. The van der Waals surface area contributed by atoms with Crippen molar-refractivity contribution < 1.29 is 33.1 Å². The summed E-state index contributed by atoms with van der Waals surface area (Å²) >= 11 is 0. The summed E-state index contributed by atoms with van der Waals surface area (Å²) in [4.78, 5) is 25.6. The Kier molecular flexibility index (Phi) is 9.62. The van der Waals surface area contributed by atoms with E-state index in [0.29, 0.717) is 37.6 Å². The molecule has 3 aromatic carbocycles. The molecule has 0 aromatic heterocycles. The molecule has 1 aliphatic rings. The number of ether oxygens (including phenoxy) is 3. The maximum absolute atomic E-state index is 12.0. The largest absolute Gasteiger partial charge is 0.636 e. The number of carbonyl (C=O) groups excluding carboxylic acids is 2. The van der Waals surface area contributed by atoms with Crippen LogP contribution in [0.1, 0.15) is 23.6 Å².